The van der Waals surface area contributed by atoms with Gasteiger partial charge in [0, 0.05) is 48.8 Å². The van der Waals surface area contributed by atoms with E-state index in [9.17, 15) is 9.18 Å². The number of carbonyl (C=O) groups excluding carboxylic acids is 1. The summed E-state index contributed by atoms with van der Waals surface area (Å²) in [5.41, 5.74) is 4.32. The second-order valence-electron chi connectivity index (χ2n) is 7.63. The number of likely N-dealkylation sites (N-methyl/N-ethyl adjacent to an activating group) is 1. The third-order valence-electron chi connectivity index (χ3n) is 5.56. The molecular formula is C23H26FN7O2. The Balaban J connectivity index is 1.41. The van der Waals surface area contributed by atoms with Gasteiger partial charge in [-0.05, 0) is 55.1 Å². The zero-order valence-corrected chi connectivity index (χ0v) is 18.3. The maximum Gasteiger partial charge on any atom is 0.274 e. The Kier molecular flexibility index (Phi) is 6.96. The van der Waals surface area contributed by atoms with E-state index in [1.54, 1.807) is 17.6 Å². The lowest BCUT2D eigenvalue weighted by Gasteiger charge is -2.35. The fourth-order valence-corrected chi connectivity index (χ4v) is 3.63. The summed E-state index contributed by atoms with van der Waals surface area (Å²) in [5, 5.41) is 14.7. The standard InChI is InChI=1S/C23H26FN7O2/c1-2-30-11-13-31(14-12-30)19-9-7-18(8-10-19)27-23-25-15-20(24)21(28-23)26-17-5-3-16(4-6-17)22(32)29-33/h3-10,15,33H,2,11-14H2,1H3,(H,29,32)(H2,25,26,27,28). The molecule has 172 valence electrons. The van der Waals surface area contributed by atoms with Crippen LogP contribution in [0.25, 0.3) is 0 Å². The van der Waals surface area contributed by atoms with Gasteiger partial charge in [0.2, 0.25) is 5.95 Å². The molecule has 9 nitrogen and oxygen atoms in total. The van der Waals surface area contributed by atoms with Crippen LogP contribution >= 0.6 is 0 Å². The van der Waals surface area contributed by atoms with E-state index in [-0.39, 0.29) is 17.3 Å². The van der Waals surface area contributed by atoms with Gasteiger partial charge in [-0.25, -0.2) is 14.9 Å². The molecule has 1 aromatic heterocycles. The molecule has 4 N–H and O–H groups in total. The lowest BCUT2D eigenvalue weighted by molar-refractivity contribution is 0.0706. The summed E-state index contributed by atoms with van der Waals surface area (Å²) >= 11 is 0. The van der Waals surface area contributed by atoms with E-state index in [1.807, 2.05) is 12.1 Å². The lowest BCUT2D eigenvalue weighted by Crippen LogP contribution is -2.46. The van der Waals surface area contributed by atoms with Gasteiger partial charge in [-0.3, -0.25) is 10.0 Å². The summed E-state index contributed by atoms with van der Waals surface area (Å²) in [6.07, 6.45) is 1.09. The molecule has 1 aliphatic rings. The van der Waals surface area contributed by atoms with E-state index < -0.39 is 11.7 Å². The molecule has 4 rings (SSSR count). The number of anilines is 5. The number of halogens is 1. The van der Waals surface area contributed by atoms with E-state index in [1.165, 1.54) is 12.1 Å². The molecule has 0 spiro atoms. The largest absolute Gasteiger partial charge is 0.369 e. The number of aromatic nitrogens is 2. The SMILES string of the molecule is CCN1CCN(c2ccc(Nc3ncc(F)c(Nc4ccc(C(=O)NO)cc4)n3)cc2)CC1. The van der Waals surface area contributed by atoms with E-state index in [4.69, 9.17) is 5.21 Å². The number of nitrogens with one attached hydrogen (secondary N) is 3. The Morgan fingerprint density at radius 1 is 1.00 bits per heavy atom. The van der Waals surface area contributed by atoms with Gasteiger partial charge in [0.05, 0.1) is 6.20 Å². The number of piperazine rings is 1. The maximum absolute atomic E-state index is 14.2. The summed E-state index contributed by atoms with van der Waals surface area (Å²) < 4.78 is 14.2. The molecule has 1 saturated heterocycles. The minimum Gasteiger partial charge on any atom is -0.369 e. The van der Waals surface area contributed by atoms with Crippen LogP contribution in [0.15, 0.2) is 54.7 Å². The first-order valence-electron chi connectivity index (χ1n) is 10.7. The molecule has 0 unspecified atom stereocenters. The first-order valence-corrected chi connectivity index (χ1v) is 10.7. The number of hydrogen-bond acceptors (Lipinski definition) is 8. The highest BCUT2D eigenvalue weighted by Gasteiger charge is 2.16. The number of rotatable bonds is 7. The van der Waals surface area contributed by atoms with Crippen LogP contribution in [0.1, 0.15) is 17.3 Å². The highest BCUT2D eigenvalue weighted by molar-refractivity contribution is 5.93. The second-order valence-corrected chi connectivity index (χ2v) is 7.63. The van der Waals surface area contributed by atoms with Crippen molar-refractivity contribution in [3.63, 3.8) is 0 Å². The highest BCUT2D eigenvalue weighted by atomic mass is 19.1. The molecule has 1 amide bonds. The van der Waals surface area contributed by atoms with Crippen LogP contribution in [0.5, 0.6) is 0 Å². The average molecular weight is 452 g/mol. The van der Waals surface area contributed by atoms with Crippen molar-refractivity contribution in [2.45, 2.75) is 6.92 Å². The molecule has 0 radical (unpaired) electrons. The molecule has 2 heterocycles. The number of amides is 1. The quantitative estimate of drug-likeness (QED) is 0.320. The minimum absolute atomic E-state index is 0.00252. The van der Waals surface area contributed by atoms with Crippen molar-refractivity contribution >= 4 is 34.7 Å². The molecule has 10 heteroatoms. The van der Waals surface area contributed by atoms with E-state index in [0.29, 0.717) is 5.69 Å². The van der Waals surface area contributed by atoms with Gasteiger partial charge in [0.15, 0.2) is 11.6 Å². The Morgan fingerprint density at radius 2 is 1.64 bits per heavy atom. The van der Waals surface area contributed by atoms with Gasteiger partial charge in [-0.2, -0.15) is 4.98 Å². The first kappa shape index (κ1) is 22.4. The van der Waals surface area contributed by atoms with E-state index in [2.05, 4.69) is 49.5 Å². The van der Waals surface area contributed by atoms with Crippen molar-refractivity contribution in [2.24, 2.45) is 0 Å². The third-order valence-corrected chi connectivity index (χ3v) is 5.56. The van der Waals surface area contributed by atoms with Crippen molar-refractivity contribution in [3.05, 3.63) is 66.1 Å². The monoisotopic (exact) mass is 451 g/mol. The van der Waals surface area contributed by atoms with Crippen molar-refractivity contribution in [1.29, 1.82) is 0 Å². The smallest absolute Gasteiger partial charge is 0.274 e. The minimum atomic E-state index is -0.629. The molecule has 0 aliphatic carbocycles. The van der Waals surface area contributed by atoms with Crippen LogP contribution < -0.4 is 21.0 Å². The number of nitrogens with zero attached hydrogens (tertiary/aromatic N) is 4. The van der Waals surface area contributed by atoms with Gasteiger partial charge in [-0.15, -0.1) is 0 Å². The zero-order valence-electron chi connectivity index (χ0n) is 18.3. The van der Waals surface area contributed by atoms with Crippen LogP contribution in [0.4, 0.5) is 33.2 Å². The second kappa shape index (κ2) is 10.2. The van der Waals surface area contributed by atoms with Crippen LogP contribution in [-0.4, -0.2) is 58.7 Å². The van der Waals surface area contributed by atoms with Crippen LogP contribution in [0.3, 0.4) is 0 Å². The summed E-state index contributed by atoms with van der Waals surface area (Å²) in [4.78, 5) is 24.5. The van der Waals surface area contributed by atoms with E-state index in [0.717, 1.165) is 50.3 Å². The Hall–Kier alpha value is -3.76. The summed E-state index contributed by atoms with van der Waals surface area (Å²) in [7, 11) is 0. The van der Waals surface area contributed by atoms with Crippen molar-refractivity contribution < 1.29 is 14.4 Å². The highest BCUT2D eigenvalue weighted by Crippen LogP contribution is 2.23. The molecule has 0 bridgehead atoms. The molecule has 2 aromatic carbocycles. The molecule has 1 aliphatic heterocycles. The van der Waals surface area contributed by atoms with Crippen molar-refractivity contribution in [2.75, 3.05) is 48.3 Å². The topological polar surface area (TPSA) is 106 Å². The molecular weight excluding hydrogens is 425 g/mol. The van der Waals surface area contributed by atoms with Gasteiger partial charge in [0.25, 0.3) is 5.91 Å². The summed E-state index contributed by atoms with van der Waals surface area (Å²) in [5.74, 6) is -0.994. The molecule has 0 atom stereocenters. The zero-order chi connectivity index (χ0) is 23.2. The number of carbonyl (C=O) groups is 1. The predicted octanol–water partition coefficient (Wildman–Crippen LogP) is 3.36. The Morgan fingerprint density at radius 3 is 2.27 bits per heavy atom. The molecule has 0 saturated carbocycles. The van der Waals surface area contributed by atoms with Crippen LogP contribution in [-0.2, 0) is 0 Å². The van der Waals surface area contributed by atoms with Crippen LogP contribution in [0.2, 0.25) is 0 Å². The fraction of sp³-hybridized carbons (Fsp3) is 0.261. The third kappa shape index (κ3) is 5.54. The van der Waals surface area contributed by atoms with Crippen molar-refractivity contribution in [1.82, 2.24) is 20.3 Å². The fourth-order valence-electron chi connectivity index (χ4n) is 3.63. The van der Waals surface area contributed by atoms with Gasteiger partial charge in [0.1, 0.15) is 0 Å². The van der Waals surface area contributed by atoms with Crippen molar-refractivity contribution in [3.8, 4) is 0 Å². The predicted molar refractivity (Wildman–Crippen MR) is 125 cm³/mol. The summed E-state index contributed by atoms with van der Waals surface area (Å²) in [6.45, 7) is 7.39. The number of hydroxylamine groups is 1. The first-order chi connectivity index (χ1) is 16.1. The van der Waals surface area contributed by atoms with E-state index >= 15 is 0 Å². The Bertz CT molecular complexity index is 1080. The maximum atomic E-state index is 14.2. The summed E-state index contributed by atoms with van der Waals surface area (Å²) in [6, 6.07) is 14.2. The molecule has 1 fully saturated rings. The van der Waals surface area contributed by atoms with Gasteiger partial charge in [-0.1, -0.05) is 6.92 Å². The van der Waals surface area contributed by atoms with Gasteiger partial charge >= 0.3 is 0 Å². The van der Waals surface area contributed by atoms with Gasteiger partial charge < -0.3 is 20.4 Å². The van der Waals surface area contributed by atoms with Crippen LogP contribution in [0, 0.1) is 5.82 Å². The average Bonchev–Trinajstić information content (AvgIpc) is 2.86. The number of hydrogen-bond donors (Lipinski definition) is 4. The number of benzene rings is 2. The molecule has 3 aromatic rings. The normalized spacial score (nSPS) is 14.1. The Labute approximate surface area is 191 Å². The lowest BCUT2D eigenvalue weighted by atomic mass is 10.2. The molecule has 33 heavy (non-hydrogen) atoms.